The van der Waals surface area contributed by atoms with E-state index < -0.39 is 17.7 Å². The SMILES string of the molecule is Cc1ccc(C)c(NC(=O)CSc2nc3c([nH]c4ccccc43)c(=O)n2-c2ccc(OC(F)(F)F)cc2)c1. The predicted octanol–water partition coefficient (Wildman–Crippen LogP) is 6.11. The molecule has 0 aliphatic rings. The zero-order valence-electron chi connectivity index (χ0n) is 20.2. The summed E-state index contributed by atoms with van der Waals surface area (Å²) in [5, 5.41) is 3.84. The van der Waals surface area contributed by atoms with E-state index in [2.05, 4.69) is 15.0 Å². The number of aryl methyl sites for hydroxylation is 2. The Hall–Kier alpha value is -4.25. The van der Waals surface area contributed by atoms with E-state index in [4.69, 9.17) is 4.98 Å². The number of aromatic amines is 1. The first-order valence-corrected chi connectivity index (χ1v) is 12.5. The number of amides is 1. The molecular weight excluding hydrogens is 517 g/mol. The molecule has 0 radical (unpaired) electrons. The van der Waals surface area contributed by atoms with Gasteiger partial charge in [0.2, 0.25) is 5.91 Å². The predicted molar refractivity (Wildman–Crippen MR) is 141 cm³/mol. The minimum atomic E-state index is -4.84. The van der Waals surface area contributed by atoms with Gasteiger partial charge in [0, 0.05) is 16.6 Å². The first-order chi connectivity index (χ1) is 18.1. The number of benzene rings is 3. The van der Waals surface area contributed by atoms with Crippen LogP contribution in [-0.4, -0.2) is 32.6 Å². The number of alkyl halides is 3. The van der Waals surface area contributed by atoms with E-state index in [0.717, 1.165) is 40.4 Å². The lowest BCUT2D eigenvalue weighted by molar-refractivity contribution is -0.274. The van der Waals surface area contributed by atoms with Crippen molar-refractivity contribution in [2.75, 3.05) is 11.1 Å². The molecule has 0 aliphatic heterocycles. The number of ether oxygens (including phenoxy) is 1. The molecule has 0 unspecified atom stereocenters. The van der Waals surface area contributed by atoms with Crippen molar-refractivity contribution in [3.05, 3.63) is 88.2 Å². The molecule has 0 atom stereocenters. The number of nitrogens with one attached hydrogen (secondary N) is 2. The first-order valence-electron chi connectivity index (χ1n) is 11.5. The summed E-state index contributed by atoms with van der Waals surface area (Å²) < 4.78 is 43.1. The Balaban J connectivity index is 1.53. The standard InChI is InChI=1S/C27H21F3N4O3S/c1-15-7-8-16(2)21(13-15)31-22(35)14-38-26-33-23-19-5-3-4-6-20(19)32-24(23)25(36)34(26)17-9-11-18(12-10-17)37-27(28,29)30/h3-13,32H,14H2,1-2H3,(H,31,35). The van der Waals surface area contributed by atoms with Crippen molar-refractivity contribution < 1.29 is 22.7 Å². The van der Waals surface area contributed by atoms with Gasteiger partial charge in [0.25, 0.3) is 5.56 Å². The quantitative estimate of drug-likeness (QED) is 0.201. The molecule has 0 fully saturated rings. The van der Waals surface area contributed by atoms with Crippen LogP contribution in [0.1, 0.15) is 11.1 Å². The van der Waals surface area contributed by atoms with Crippen LogP contribution in [0.15, 0.2) is 76.7 Å². The molecule has 194 valence electrons. The number of fused-ring (bicyclic) bond motifs is 3. The molecule has 0 saturated carbocycles. The minimum Gasteiger partial charge on any atom is -0.406 e. The molecule has 5 aromatic rings. The summed E-state index contributed by atoms with van der Waals surface area (Å²) in [7, 11) is 0. The van der Waals surface area contributed by atoms with Crippen LogP contribution in [-0.2, 0) is 4.79 Å². The van der Waals surface area contributed by atoms with E-state index in [1.165, 1.54) is 16.7 Å². The number of H-pyrrole nitrogens is 1. The Labute approximate surface area is 218 Å². The molecule has 0 bridgehead atoms. The number of carbonyl (C=O) groups excluding carboxylic acids is 1. The van der Waals surface area contributed by atoms with Crippen LogP contribution in [0.25, 0.3) is 27.6 Å². The van der Waals surface area contributed by atoms with Crippen LogP contribution in [0, 0.1) is 13.8 Å². The third-order valence-corrected chi connectivity index (χ3v) is 6.76. The highest BCUT2D eigenvalue weighted by atomic mass is 32.2. The Bertz CT molecular complexity index is 1730. The van der Waals surface area contributed by atoms with E-state index in [1.54, 1.807) is 0 Å². The summed E-state index contributed by atoms with van der Waals surface area (Å²) in [6.45, 7) is 3.81. The van der Waals surface area contributed by atoms with Crippen LogP contribution >= 0.6 is 11.8 Å². The molecule has 5 rings (SSSR count). The Morgan fingerprint density at radius 1 is 1.08 bits per heavy atom. The summed E-state index contributed by atoms with van der Waals surface area (Å²) in [5.41, 5.74) is 3.81. The lowest BCUT2D eigenvalue weighted by Gasteiger charge is -2.14. The maximum Gasteiger partial charge on any atom is 0.573 e. The van der Waals surface area contributed by atoms with E-state index in [1.807, 2.05) is 56.3 Å². The number of anilines is 1. The fourth-order valence-electron chi connectivity index (χ4n) is 4.05. The number of hydrogen-bond donors (Lipinski definition) is 2. The first kappa shape index (κ1) is 25.4. The number of para-hydroxylation sites is 1. The minimum absolute atomic E-state index is 0.0526. The summed E-state index contributed by atoms with van der Waals surface area (Å²) >= 11 is 1.05. The fraction of sp³-hybridized carbons (Fsp3) is 0.148. The molecule has 11 heteroatoms. The van der Waals surface area contributed by atoms with Crippen LogP contribution in [0.3, 0.4) is 0 Å². The van der Waals surface area contributed by atoms with E-state index in [9.17, 15) is 22.8 Å². The molecule has 38 heavy (non-hydrogen) atoms. The highest BCUT2D eigenvalue weighted by Gasteiger charge is 2.31. The maximum absolute atomic E-state index is 13.6. The van der Waals surface area contributed by atoms with Gasteiger partial charge in [-0.05, 0) is 61.4 Å². The summed E-state index contributed by atoms with van der Waals surface area (Å²) in [5.74, 6) is -0.767. The molecule has 2 N–H and O–H groups in total. The zero-order valence-corrected chi connectivity index (χ0v) is 21.0. The Morgan fingerprint density at radius 3 is 2.55 bits per heavy atom. The van der Waals surface area contributed by atoms with Gasteiger partial charge in [-0.1, -0.05) is 42.1 Å². The van der Waals surface area contributed by atoms with Crippen molar-refractivity contribution in [1.82, 2.24) is 14.5 Å². The average Bonchev–Trinajstić information content (AvgIpc) is 3.24. The van der Waals surface area contributed by atoms with Crippen molar-refractivity contribution in [1.29, 1.82) is 0 Å². The Kier molecular flexibility index (Phi) is 6.62. The van der Waals surface area contributed by atoms with Crippen LogP contribution in [0.5, 0.6) is 5.75 Å². The van der Waals surface area contributed by atoms with Crippen molar-refractivity contribution in [3.8, 4) is 11.4 Å². The summed E-state index contributed by atoms with van der Waals surface area (Å²) in [6.07, 6.45) is -4.84. The largest absolute Gasteiger partial charge is 0.573 e. The molecule has 7 nitrogen and oxygen atoms in total. The highest BCUT2D eigenvalue weighted by molar-refractivity contribution is 7.99. The topological polar surface area (TPSA) is 89.0 Å². The molecule has 0 saturated heterocycles. The lowest BCUT2D eigenvalue weighted by atomic mass is 10.1. The van der Waals surface area contributed by atoms with Crippen molar-refractivity contribution in [2.45, 2.75) is 25.4 Å². The second-order valence-corrected chi connectivity index (χ2v) is 9.57. The van der Waals surface area contributed by atoms with E-state index >= 15 is 0 Å². The number of rotatable bonds is 6. The van der Waals surface area contributed by atoms with Gasteiger partial charge in [-0.25, -0.2) is 4.98 Å². The van der Waals surface area contributed by atoms with E-state index in [-0.39, 0.29) is 28.0 Å². The maximum atomic E-state index is 13.6. The molecule has 1 amide bonds. The van der Waals surface area contributed by atoms with Gasteiger partial charge in [-0.3, -0.25) is 14.2 Å². The number of carbonyl (C=O) groups is 1. The third kappa shape index (κ3) is 5.23. The highest BCUT2D eigenvalue weighted by Crippen LogP contribution is 2.28. The number of halogens is 3. The van der Waals surface area contributed by atoms with Gasteiger partial charge < -0.3 is 15.0 Å². The van der Waals surface area contributed by atoms with Gasteiger partial charge in [0.1, 0.15) is 16.8 Å². The monoisotopic (exact) mass is 538 g/mol. The van der Waals surface area contributed by atoms with Crippen LogP contribution < -0.4 is 15.6 Å². The molecule has 0 aliphatic carbocycles. The van der Waals surface area contributed by atoms with E-state index in [0.29, 0.717) is 16.7 Å². The fourth-order valence-corrected chi connectivity index (χ4v) is 4.86. The molecule has 2 heterocycles. The second-order valence-electron chi connectivity index (χ2n) is 8.63. The van der Waals surface area contributed by atoms with Gasteiger partial charge in [0.15, 0.2) is 5.16 Å². The summed E-state index contributed by atoms with van der Waals surface area (Å²) in [4.78, 5) is 34.2. The molecular formula is C27H21F3N4O3S. The number of thioether (sulfide) groups is 1. The smallest absolute Gasteiger partial charge is 0.406 e. The number of hydrogen-bond acceptors (Lipinski definition) is 5. The normalized spacial score (nSPS) is 11.7. The lowest BCUT2D eigenvalue weighted by Crippen LogP contribution is -2.23. The van der Waals surface area contributed by atoms with Gasteiger partial charge in [-0.15, -0.1) is 13.2 Å². The van der Waals surface area contributed by atoms with Crippen LogP contribution in [0.4, 0.5) is 18.9 Å². The molecule has 2 aromatic heterocycles. The van der Waals surface area contributed by atoms with Crippen LogP contribution in [0.2, 0.25) is 0 Å². The zero-order chi connectivity index (χ0) is 27.0. The molecule has 3 aromatic carbocycles. The van der Waals surface area contributed by atoms with Gasteiger partial charge in [0.05, 0.1) is 11.4 Å². The number of aromatic nitrogens is 3. The van der Waals surface area contributed by atoms with Gasteiger partial charge >= 0.3 is 6.36 Å². The van der Waals surface area contributed by atoms with Crippen molar-refractivity contribution >= 4 is 45.3 Å². The number of nitrogens with zero attached hydrogens (tertiary/aromatic N) is 2. The third-order valence-electron chi connectivity index (χ3n) is 5.82. The van der Waals surface area contributed by atoms with Crippen molar-refractivity contribution in [2.24, 2.45) is 0 Å². The molecule has 0 spiro atoms. The Morgan fingerprint density at radius 2 is 1.82 bits per heavy atom. The summed E-state index contributed by atoms with van der Waals surface area (Å²) in [6, 6.07) is 17.9. The second kappa shape index (κ2) is 9.90. The van der Waals surface area contributed by atoms with Crippen molar-refractivity contribution in [3.63, 3.8) is 0 Å². The van der Waals surface area contributed by atoms with Gasteiger partial charge in [-0.2, -0.15) is 0 Å². The average molecular weight is 539 g/mol.